The Bertz CT molecular complexity index is 357. The van der Waals surface area contributed by atoms with Crippen molar-refractivity contribution in [2.75, 3.05) is 0 Å². The van der Waals surface area contributed by atoms with Gasteiger partial charge in [0.25, 0.3) is 0 Å². The molecule has 1 aromatic carbocycles. The summed E-state index contributed by atoms with van der Waals surface area (Å²) >= 11 is 5.99. The predicted octanol–water partition coefficient (Wildman–Crippen LogP) is 4.81. The Hall–Kier alpha value is -0.573. The third-order valence-corrected chi connectivity index (χ3v) is 3.32. The summed E-state index contributed by atoms with van der Waals surface area (Å²) in [7, 11) is -1.55. The molecule has 3 heteroatoms. The van der Waals surface area contributed by atoms with Gasteiger partial charge in [0.05, 0.1) is 6.10 Å². The molecule has 0 saturated heterocycles. The number of rotatable bonds is 5. The van der Waals surface area contributed by atoms with Crippen LogP contribution in [0, 0.1) is 0 Å². The standard InChI is InChI=1S/C13H19ClOSi/c1-5-7-13(15-16(2,3)4)11-8-6-9-12(14)10-11/h5-6,8-10,13H,1,7H2,2-4H3. The Balaban J connectivity index is 2.89. The lowest BCUT2D eigenvalue weighted by Gasteiger charge is -2.26. The maximum atomic E-state index is 6.13. The van der Waals surface area contributed by atoms with Crippen LogP contribution >= 0.6 is 11.6 Å². The highest BCUT2D eigenvalue weighted by atomic mass is 35.5. The number of hydrogen-bond acceptors (Lipinski definition) is 1. The van der Waals surface area contributed by atoms with E-state index in [-0.39, 0.29) is 6.10 Å². The fraction of sp³-hybridized carbons (Fsp3) is 0.385. The largest absolute Gasteiger partial charge is 0.410 e. The molecule has 0 amide bonds. The summed E-state index contributed by atoms with van der Waals surface area (Å²) in [5.41, 5.74) is 1.13. The van der Waals surface area contributed by atoms with E-state index in [0.29, 0.717) is 0 Å². The van der Waals surface area contributed by atoms with E-state index < -0.39 is 8.32 Å². The van der Waals surface area contributed by atoms with Gasteiger partial charge in [-0.2, -0.15) is 0 Å². The van der Waals surface area contributed by atoms with Crippen LogP contribution in [0.25, 0.3) is 0 Å². The quantitative estimate of drug-likeness (QED) is 0.541. The lowest BCUT2D eigenvalue weighted by molar-refractivity contribution is 0.201. The Morgan fingerprint density at radius 2 is 2.12 bits per heavy atom. The van der Waals surface area contributed by atoms with Crippen LogP contribution in [0.4, 0.5) is 0 Å². The monoisotopic (exact) mass is 254 g/mol. The molecule has 0 heterocycles. The maximum Gasteiger partial charge on any atom is 0.184 e. The molecule has 16 heavy (non-hydrogen) atoms. The number of benzene rings is 1. The zero-order valence-electron chi connectivity index (χ0n) is 10.2. The first-order valence-electron chi connectivity index (χ1n) is 5.46. The first kappa shape index (κ1) is 13.5. The number of halogens is 1. The highest BCUT2D eigenvalue weighted by Gasteiger charge is 2.21. The summed E-state index contributed by atoms with van der Waals surface area (Å²) in [5, 5.41) is 0.755. The average molecular weight is 255 g/mol. The van der Waals surface area contributed by atoms with Crippen LogP contribution in [0.15, 0.2) is 36.9 Å². The fourth-order valence-electron chi connectivity index (χ4n) is 1.54. The molecule has 0 N–H and O–H groups in total. The molecule has 1 rings (SSSR count). The summed E-state index contributed by atoms with van der Waals surface area (Å²) in [6.45, 7) is 10.3. The molecular formula is C13H19ClOSi. The SMILES string of the molecule is C=CCC(O[Si](C)(C)C)c1cccc(Cl)c1. The van der Waals surface area contributed by atoms with Crippen LogP contribution in [-0.2, 0) is 4.43 Å². The van der Waals surface area contributed by atoms with E-state index in [9.17, 15) is 0 Å². The average Bonchev–Trinajstić information content (AvgIpc) is 2.15. The topological polar surface area (TPSA) is 9.23 Å². The predicted molar refractivity (Wildman–Crippen MR) is 73.4 cm³/mol. The van der Waals surface area contributed by atoms with Gasteiger partial charge in [-0.3, -0.25) is 0 Å². The molecule has 0 aliphatic rings. The molecule has 1 atom stereocenters. The molecule has 88 valence electrons. The second-order valence-corrected chi connectivity index (χ2v) is 9.70. The Kier molecular flexibility index (Phi) is 4.78. The van der Waals surface area contributed by atoms with Gasteiger partial charge >= 0.3 is 0 Å². The van der Waals surface area contributed by atoms with Gasteiger partial charge in [-0.1, -0.05) is 29.8 Å². The van der Waals surface area contributed by atoms with Gasteiger partial charge in [0, 0.05) is 5.02 Å². The summed E-state index contributed by atoms with van der Waals surface area (Å²) in [6.07, 6.45) is 2.80. The molecule has 0 radical (unpaired) electrons. The van der Waals surface area contributed by atoms with Gasteiger partial charge in [-0.15, -0.1) is 6.58 Å². The van der Waals surface area contributed by atoms with E-state index >= 15 is 0 Å². The van der Waals surface area contributed by atoms with Crippen molar-refractivity contribution in [3.05, 3.63) is 47.5 Å². The van der Waals surface area contributed by atoms with Gasteiger partial charge in [0.1, 0.15) is 0 Å². The van der Waals surface area contributed by atoms with Crippen LogP contribution in [-0.4, -0.2) is 8.32 Å². The van der Waals surface area contributed by atoms with Gasteiger partial charge in [0.2, 0.25) is 0 Å². The second-order valence-electron chi connectivity index (χ2n) is 4.80. The van der Waals surface area contributed by atoms with Crippen LogP contribution in [0.3, 0.4) is 0 Å². The molecule has 0 fully saturated rings. The van der Waals surface area contributed by atoms with Crippen molar-refractivity contribution in [3.63, 3.8) is 0 Å². The van der Waals surface area contributed by atoms with Crippen LogP contribution < -0.4 is 0 Å². The van der Waals surface area contributed by atoms with Crippen molar-refractivity contribution in [1.29, 1.82) is 0 Å². The molecule has 0 aromatic heterocycles. The highest BCUT2D eigenvalue weighted by molar-refractivity contribution is 6.69. The lowest BCUT2D eigenvalue weighted by atomic mass is 10.1. The first-order chi connectivity index (χ1) is 7.42. The van der Waals surface area contributed by atoms with Gasteiger partial charge in [-0.25, -0.2) is 0 Å². The maximum absolute atomic E-state index is 6.13. The zero-order chi connectivity index (χ0) is 12.2. The van der Waals surface area contributed by atoms with Crippen molar-refractivity contribution in [1.82, 2.24) is 0 Å². The highest BCUT2D eigenvalue weighted by Crippen LogP contribution is 2.27. The summed E-state index contributed by atoms with van der Waals surface area (Å²) < 4.78 is 6.13. The van der Waals surface area contributed by atoms with E-state index in [0.717, 1.165) is 17.0 Å². The van der Waals surface area contributed by atoms with E-state index in [1.54, 1.807) is 0 Å². The Morgan fingerprint density at radius 1 is 1.44 bits per heavy atom. The molecular weight excluding hydrogens is 236 g/mol. The number of hydrogen-bond donors (Lipinski definition) is 0. The molecule has 1 aromatic rings. The fourth-order valence-corrected chi connectivity index (χ4v) is 2.82. The van der Waals surface area contributed by atoms with Crippen LogP contribution in [0.5, 0.6) is 0 Å². The molecule has 0 aliphatic heterocycles. The van der Waals surface area contributed by atoms with Gasteiger partial charge in [-0.05, 0) is 43.8 Å². The van der Waals surface area contributed by atoms with Crippen molar-refractivity contribution in [3.8, 4) is 0 Å². The lowest BCUT2D eigenvalue weighted by Crippen LogP contribution is -2.27. The van der Waals surface area contributed by atoms with Crippen molar-refractivity contribution in [2.24, 2.45) is 0 Å². The van der Waals surface area contributed by atoms with E-state index in [1.165, 1.54) is 0 Å². The summed E-state index contributed by atoms with van der Waals surface area (Å²) in [5.74, 6) is 0. The van der Waals surface area contributed by atoms with Crippen LogP contribution in [0.1, 0.15) is 18.1 Å². The third kappa shape index (κ3) is 4.52. The van der Waals surface area contributed by atoms with Crippen molar-refractivity contribution < 1.29 is 4.43 Å². The van der Waals surface area contributed by atoms with E-state index in [4.69, 9.17) is 16.0 Å². The molecule has 1 unspecified atom stereocenters. The first-order valence-corrected chi connectivity index (χ1v) is 9.25. The van der Waals surface area contributed by atoms with E-state index in [1.807, 2.05) is 24.3 Å². The smallest absolute Gasteiger partial charge is 0.184 e. The normalized spacial score (nSPS) is 13.5. The summed E-state index contributed by atoms with van der Waals surface area (Å²) in [6, 6.07) is 7.86. The van der Waals surface area contributed by atoms with Gasteiger partial charge < -0.3 is 4.43 Å². The zero-order valence-corrected chi connectivity index (χ0v) is 11.9. The molecule has 0 saturated carbocycles. The molecule has 0 aliphatic carbocycles. The minimum atomic E-state index is -1.55. The summed E-state index contributed by atoms with van der Waals surface area (Å²) in [4.78, 5) is 0. The molecule has 1 nitrogen and oxygen atoms in total. The van der Waals surface area contributed by atoms with Crippen molar-refractivity contribution >= 4 is 19.9 Å². The van der Waals surface area contributed by atoms with Crippen molar-refractivity contribution in [2.45, 2.75) is 32.2 Å². The third-order valence-electron chi connectivity index (χ3n) is 2.10. The van der Waals surface area contributed by atoms with Gasteiger partial charge in [0.15, 0.2) is 8.32 Å². The van der Waals surface area contributed by atoms with Crippen LogP contribution in [0.2, 0.25) is 24.7 Å². The molecule has 0 bridgehead atoms. The second kappa shape index (κ2) is 5.67. The molecule has 0 spiro atoms. The minimum absolute atomic E-state index is 0.0860. The minimum Gasteiger partial charge on any atom is -0.410 e. The van der Waals surface area contributed by atoms with E-state index in [2.05, 4.69) is 32.3 Å². The Morgan fingerprint density at radius 3 is 2.62 bits per heavy atom. The Labute approximate surface area is 104 Å².